The number of aromatic nitrogens is 2. The van der Waals surface area contributed by atoms with Gasteiger partial charge in [-0.15, -0.1) is 6.42 Å². The third kappa shape index (κ3) is 5.10. The topological polar surface area (TPSA) is 72.7 Å². The van der Waals surface area contributed by atoms with Crippen molar-refractivity contribution in [2.75, 3.05) is 31.6 Å². The molecule has 0 bridgehead atoms. The first-order valence-corrected chi connectivity index (χ1v) is 10.5. The second-order valence-corrected chi connectivity index (χ2v) is 7.28. The summed E-state index contributed by atoms with van der Waals surface area (Å²) < 4.78 is 13.7. The Bertz CT molecular complexity index is 1110. The molecule has 4 rings (SSSR count). The first-order valence-electron chi connectivity index (χ1n) is 10.5. The number of ether oxygens (including phenoxy) is 2. The lowest BCUT2D eigenvalue weighted by molar-refractivity contribution is 0.297. The second kappa shape index (κ2) is 9.90. The van der Waals surface area contributed by atoms with Crippen molar-refractivity contribution in [1.29, 1.82) is 0 Å². The molecule has 0 atom stereocenters. The van der Waals surface area contributed by atoms with E-state index < -0.39 is 0 Å². The van der Waals surface area contributed by atoms with Crippen LogP contribution in [0.15, 0.2) is 47.5 Å². The lowest BCUT2D eigenvalue weighted by Crippen LogP contribution is -2.31. The average molecular weight is 418 g/mol. The van der Waals surface area contributed by atoms with Crippen molar-refractivity contribution in [1.82, 2.24) is 14.9 Å². The van der Waals surface area contributed by atoms with Crippen LogP contribution in [0.3, 0.4) is 0 Å². The van der Waals surface area contributed by atoms with Crippen molar-refractivity contribution in [3.8, 4) is 23.8 Å². The van der Waals surface area contributed by atoms with Crippen LogP contribution in [0.5, 0.6) is 11.5 Å². The van der Waals surface area contributed by atoms with E-state index in [1.165, 1.54) is 0 Å². The third-order valence-electron chi connectivity index (χ3n) is 5.02. The van der Waals surface area contributed by atoms with Crippen molar-refractivity contribution in [3.05, 3.63) is 48.3 Å². The number of para-hydroxylation sites is 2. The SMILES string of the molecule is C#CCNC(=NCCCn1c(C)nc2ccccc21)Nc1ccc2c(c1)OCCCO2. The molecule has 1 aliphatic heterocycles. The molecule has 0 radical (unpaired) electrons. The van der Waals surface area contributed by atoms with Gasteiger partial charge in [0.2, 0.25) is 0 Å². The van der Waals surface area contributed by atoms with Gasteiger partial charge in [-0.3, -0.25) is 4.99 Å². The van der Waals surface area contributed by atoms with Crippen LogP contribution >= 0.6 is 0 Å². The smallest absolute Gasteiger partial charge is 0.196 e. The van der Waals surface area contributed by atoms with E-state index >= 15 is 0 Å². The van der Waals surface area contributed by atoms with Crippen molar-refractivity contribution < 1.29 is 9.47 Å². The number of imidazole rings is 1. The second-order valence-electron chi connectivity index (χ2n) is 7.28. The fourth-order valence-corrected chi connectivity index (χ4v) is 3.55. The fourth-order valence-electron chi connectivity index (χ4n) is 3.55. The molecule has 2 aromatic carbocycles. The summed E-state index contributed by atoms with van der Waals surface area (Å²) in [5, 5.41) is 6.46. The molecule has 2 N–H and O–H groups in total. The predicted molar refractivity (Wildman–Crippen MR) is 124 cm³/mol. The van der Waals surface area contributed by atoms with Gasteiger partial charge < -0.3 is 24.7 Å². The Labute approximate surface area is 182 Å². The summed E-state index contributed by atoms with van der Waals surface area (Å²) >= 11 is 0. The van der Waals surface area contributed by atoms with Crippen molar-refractivity contribution in [2.45, 2.75) is 26.3 Å². The zero-order valence-corrected chi connectivity index (χ0v) is 17.7. The summed E-state index contributed by atoms with van der Waals surface area (Å²) in [6.45, 7) is 5.24. The standard InChI is InChI=1S/C24H27N5O2/c1-3-12-25-24(28-19-10-11-22-23(17-19)31-16-7-15-30-22)26-13-6-14-29-18(2)27-20-8-4-5-9-21(20)29/h1,4-5,8-11,17H,6-7,12-16H2,2H3,(H2,25,26,28). The molecule has 0 unspecified atom stereocenters. The van der Waals surface area contributed by atoms with Crippen molar-refractivity contribution in [3.63, 3.8) is 0 Å². The summed E-state index contributed by atoms with van der Waals surface area (Å²) in [5.74, 6) is 5.75. The highest BCUT2D eigenvalue weighted by molar-refractivity contribution is 5.94. The lowest BCUT2D eigenvalue weighted by Gasteiger charge is -2.13. The summed E-state index contributed by atoms with van der Waals surface area (Å²) in [6, 6.07) is 14.0. The molecular weight excluding hydrogens is 390 g/mol. The number of guanidine groups is 1. The van der Waals surface area contributed by atoms with Crippen LogP contribution in [0.25, 0.3) is 11.0 Å². The molecule has 0 saturated heterocycles. The molecule has 7 nitrogen and oxygen atoms in total. The van der Waals surface area contributed by atoms with Crippen LogP contribution in [-0.4, -0.2) is 41.8 Å². The fraction of sp³-hybridized carbons (Fsp3) is 0.333. The zero-order chi connectivity index (χ0) is 21.5. The van der Waals surface area contributed by atoms with Crippen LogP contribution in [0, 0.1) is 19.3 Å². The van der Waals surface area contributed by atoms with Crippen LogP contribution in [-0.2, 0) is 6.54 Å². The molecule has 0 amide bonds. The summed E-state index contributed by atoms with van der Waals surface area (Å²) in [4.78, 5) is 9.31. The van der Waals surface area contributed by atoms with Crippen molar-refractivity contribution >= 4 is 22.7 Å². The van der Waals surface area contributed by atoms with E-state index in [9.17, 15) is 0 Å². The molecule has 31 heavy (non-hydrogen) atoms. The molecule has 2 heterocycles. The monoisotopic (exact) mass is 417 g/mol. The van der Waals surface area contributed by atoms with Crippen LogP contribution < -0.4 is 20.1 Å². The van der Waals surface area contributed by atoms with E-state index in [0.29, 0.717) is 32.3 Å². The summed E-state index contributed by atoms with van der Waals surface area (Å²) in [5.41, 5.74) is 3.04. The molecule has 3 aromatic rings. The van der Waals surface area contributed by atoms with E-state index in [2.05, 4.69) is 37.2 Å². The minimum atomic E-state index is 0.391. The zero-order valence-electron chi connectivity index (χ0n) is 17.7. The number of benzene rings is 2. The highest BCUT2D eigenvalue weighted by Gasteiger charge is 2.11. The van der Waals surface area contributed by atoms with Crippen molar-refractivity contribution in [2.24, 2.45) is 4.99 Å². The number of anilines is 1. The summed E-state index contributed by atoms with van der Waals surface area (Å²) in [6.07, 6.45) is 7.18. The minimum Gasteiger partial charge on any atom is -0.490 e. The van der Waals surface area contributed by atoms with Gasteiger partial charge in [0.25, 0.3) is 0 Å². The molecule has 160 valence electrons. The normalized spacial score (nSPS) is 13.5. The Balaban J connectivity index is 1.41. The number of hydrogen-bond acceptors (Lipinski definition) is 4. The van der Waals surface area contributed by atoms with Gasteiger partial charge in [0.15, 0.2) is 17.5 Å². The number of aliphatic imine (C=N–C) groups is 1. The molecule has 0 saturated carbocycles. The largest absolute Gasteiger partial charge is 0.490 e. The molecule has 0 spiro atoms. The first-order chi connectivity index (χ1) is 15.2. The average Bonchev–Trinajstić information content (AvgIpc) is 2.94. The molecule has 0 aliphatic carbocycles. The Morgan fingerprint density at radius 3 is 2.90 bits per heavy atom. The van der Waals surface area contributed by atoms with E-state index in [4.69, 9.17) is 15.9 Å². The highest BCUT2D eigenvalue weighted by Crippen LogP contribution is 2.32. The van der Waals surface area contributed by atoms with Gasteiger partial charge in [0, 0.05) is 31.3 Å². The van der Waals surface area contributed by atoms with Gasteiger partial charge in [-0.25, -0.2) is 4.98 Å². The number of aryl methyl sites for hydroxylation is 2. The highest BCUT2D eigenvalue weighted by atomic mass is 16.5. The maximum absolute atomic E-state index is 5.77. The maximum atomic E-state index is 5.77. The number of hydrogen-bond donors (Lipinski definition) is 2. The van der Waals surface area contributed by atoms with Gasteiger partial charge in [0.05, 0.1) is 30.8 Å². The van der Waals surface area contributed by atoms with E-state index in [-0.39, 0.29) is 0 Å². The Kier molecular flexibility index (Phi) is 6.58. The minimum absolute atomic E-state index is 0.391. The predicted octanol–water partition coefficient (Wildman–Crippen LogP) is 3.59. The van der Waals surface area contributed by atoms with Gasteiger partial charge in [-0.05, 0) is 37.6 Å². The lowest BCUT2D eigenvalue weighted by atomic mass is 10.2. The molecule has 0 fully saturated rings. The maximum Gasteiger partial charge on any atom is 0.196 e. The van der Waals surface area contributed by atoms with Gasteiger partial charge >= 0.3 is 0 Å². The van der Waals surface area contributed by atoms with Gasteiger partial charge in [-0.1, -0.05) is 18.1 Å². The Hall–Kier alpha value is -3.66. The van der Waals surface area contributed by atoms with E-state index in [1.54, 1.807) is 0 Å². The quantitative estimate of drug-likeness (QED) is 0.278. The van der Waals surface area contributed by atoms with E-state index in [0.717, 1.165) is 53.4 Å². The summed E-state index contributed by atoms with van der Waals surface area (Å²) in [7, 11) is 0. The van der Waals surface area contributed by atoms with Gasteiger partial charge in [-0.2, -0.15) is 0 Å². The van der Waals surface area contributed by atoms with Crippen LogP contribution in [0.1, 0.15) is 18.7 Å². The first kappa shape index (κ1) is 20.6. The molecule has 1 aliphatic rings. The van der Waals surface area contributed by atoms with Crippen LogP contribution in [0.2, 0.25) is 0 Å². The molecule has 7 heteroatoms. The molecule has 1 aromatic heterocycles. The number of fused-ring (bicyclic) bond motifs is 2. The van der Waals surface area contributed by atoms with Gasteiger partial charge in [0.1, 0.15) is 5.82 Å². The number of terminal acetylenes is 1. The number of nitrogens with one attached hydrogen (secondary N) is 2. The number of rotatable bonds is 6. The Morgan fingerprint density at radius 1 is 1.19 bits per heavy atom. The Morgan fingerprint density at radius 2 is 2.03 bits per heavy atom. The third-order valence-corrected chi connectivity index (χ3v) is 5.02. The van der Waals surface area contributed by atoms with Crippen LogP contribution in [0.4, 0.5) is 5.69 Å². The molecular formula is C24H27N5O2. The number of nitrogens with zero attached hydrogens (tertiary/aromatic N) is 3. The van der Waals surface area contributed by atoms with E-state index in [1.807, 2.05) is 43.3 Å².